The summed E-state index contributed by atoms with van der Waals surface area (Å²) >= 11 is 0. The first-order valence-electron chi connectivity index (χ1n) is 10.8. The zero-order chi connectivity index (χ0) is 18.4. The number of rotatable bonds is 5. The third-order valence-electron chi connectivity index (χ3n) is 6.31. The van der Waals surface area contributed by atoms with E-state index in [2.05, 4.69) is 40.8 Å². The summed E-state index contributed by atoms with van der Waals surface area (Å²) in [5.41, 5.74) is 0. The van der Waals surface area contributed by atoms with Crippen LogP contribution in [0.1, 0.15) is 40.0 Å². The Morgan fingerprint density at radius 1 is 1.11 bits per heavy atom. The summed E-state index contributed by atoms with van der Waals surface area (Å²) < 4.78 is 5.51. The number of piperidine rings is 1. The van der Waals surface area contributed by atoms with Crippen LogP contribution in [-0.4, -0.2) is 98.3 Å². The van der Waals surface area contributed by atoms with Crippen molar-refractivity contribution in [1.82, 2.24) is 20.0 Å². The molecule has 3 aliphatic rings. The molecule has 0 amide bonds. The smallest absolute Gasteiger partial charge is 0.194 e. The van der Waals surface area contributed by atoms with Gasteiger partial charge in [0.1, 0.15) is 0 Å². The Morgan fingerprint density at radius 3 is 2.48 bits per heavy atom. The van der Waals surface area contributed by atoms with E-state index in [0.29, 0.717) is 12.1 Å². The molecule has 0 aliphatic carbocycles. The van der Waals surface area contributed by atoms with E-state index < -0.39 is 0 Å². The van der Waals surface area contributed by atoms with Gasteiger partial charge >= 0.3 is 0 Å². The van der Waals surface area contributed by atoms with Gasteiger partial charge in [-0.1, -0.05) is 6.92 Å². The van der Waals surface area contributed by atoms with E-state index in [1.165, 1.54) is 32.4 Å². The molecule has 3 aliphatic heterocycles. The van der Waals surface area contributed by atoms with Crippen molar-refractivity contribution < 1.29 is 4.74 Å². The molecule has 1 N–H and O–H groups in total. The van der Waals surface area contributed by atoms with Gasteiger partial charge in [0.05, 0.1) is 19.8 Å². The van der Waals surface area contributed by atoms with Gasteiger partial charge in [-0.2, -0.15) is 0 Å². The number of nitrogens with one attached hydrogen (secondary N) is 1. The van der Waals surface area contributed by atoms with Crippen molar-refractivity contribution in [1.29, 1.82) is 0 Å². The van der Waals surface area contributed by atoms with Gasteiger partial charge in [-0.3, -0.25) is 14.8 Å². The molecule has 0 spiro atoms. The van der Waals surface area contributed by atoms with Crippen LogP contribution in [0, 0.1) is 5.92 Å². The topological polar surface area (TPSA) is 43.3 Å². The van der Waals surface area contributed by atoms with Gasteiger partial charge in [-0.05, 0) is 52.1 Å². The standard InChI is InChI=1S/C20H39N5O.HI/c1-4-21-20(22-15-18(3)23-8-5-17(2)6-9-23)25-10-7-19(16-25)24-11-13-26-14-12-24;/h17-19H,4-16H2,1-3H3,(H,21,22);1H. The van der Waals surface area contributed by atoms with Gasteiger partial charge in [0.15, 0.2) is 5.96 Å². The van der Waals surface area contributed by atoms with Crippen LogP contribution >= 0.6 is 24.0 Å². The Hall–Kier alpha value is -0.120. The molecule has 2 atom stereocenters. The van der Waals surface area contributed by atoms with Gasteiger partial charge in [0, 0.05) is 44.8 Å². The van der Waals surface area contributed by atoms with Crippen LogP contribution in [0.5, 0.6) is 0 Å². The minimum absolute atomic E-state index is 0. The van der Waals surface area contributed by atoms with Crippen molar-refractivity contribution in [3.8, 4) is 0 Å². The maximum atomic E-state index is 5.51. The molecular weight excluding hydrogens is 453 g/mol. The number of nitrogens with zero attached hydrogens (tertiary/aromatic N) is 4. The first kappa shape index (κ1) is 23.2. The number of aliphatic imine (C=N–C) groups is 1. The Balaban J connectivity index is 0.00000261. The highest BCUT2D eigenvalue weighted by Gasteiger charge is 2.30. The van der Waals surface area contributed by atoms with E-state index in [0.717, 1.165) is 64.4 Å². The van der Waals surface area contributed by atoms with Crippen molar-refractivity contribution in [2.45, 2.75) is 52.1 Å². The molecule has 0 aromatic carbocycles. The minimum Gasteiger partial charge on any atom is -0.379 e. The fourth-order valence-electron chi connectivity index (χ4n) is 4.40. The number of hydrogen-bond acceptors (Lipinski definition) is 4. The molecule has 7 heteroatoms. The predicted molar refractivity (Wildman–Crippen MR) is 123 cm³/mol. The van der Waals surface area contributed by atoms with E-state index in [1.807, 2.05) is 0 Å². The quantitative estimate of drug-likeness (QED) is 0.361. The van der Waals surface area contributed by atoms with Gasteiger partial charge < -0.3 is 15.0 Å². The van der Waals surface area contributed by atoms with Crippen LogP contribution in [0.15, 0.2) is 4.99 Å². The van der Waals surface area contributed by atoms with Crippen molar-refractivity contribution in [2.24, 2.45) is 10.9 Å². The average molecular weight is 493 g/mol. The first-order valence-corrected chi connectivity index (χ1v) is 10.8. The highest BCUT2D eigenvalue weighted by Crippen LogP contribution is 2.19. The number of ether oxygens (including phenoxy) is 1. The van der Waals surface area contributed by atoms with Crippen LogP contribution in [0.3, 0.4) is 0 Å². The largest absolute Gasteiger partial charge is 0.379 e. The number of morpholine rings is 1. The Morgan fingerprint density at radius 2 is 1.81 bits per heavy atom. The SMILES string of the molecule is CCNC(=NCC(C)N1CCC(C)CC1)N1CCC(N2CCOCC2)C1.I. The summed E-state index contributed by atoms with van der Waals surface area (Å²) in [5, 5.41) is 3.53. The average Bonchev–Trinajstić information content (AvgIpc) is 3.16. The van der Waals surface area contributed by atoms with Gasteiger partial charge in [-0.25, -0.2) is 0 Å². The molecular formula is C20H40IN5O. The summed E-state index contributed by atoms with van der Waals surface area (Å²) in [5.74, 6) is 2.00. The van der Waals surface area contributed by atoms with E-state index >= 15 is 0 Å². The molecule has 27 heavy (non-hydrogen) atoms. The van der Waals surface area contributed by atoms with E-state index in [9.17, 15) is 0 Å². The second-order valence-corrected chi connectivity index (χ2v) is 8.30. The summed E-state index contributed by atoms with van der Waals surface area (Å²) in [6.45, 7) is 17.3. The fourth-order valence-corrected chi connectivity index (χ4v) is 4.40. The van der Waals surface area contributed by atoms with Crippen molar-refractivity contribution in [3.63, 3.8) is 0 Å². The van der Waals surface area contributed by atoms with Crippen molar-refractivity contribution in [2.75, 3.05) is 65.6 Å². The highest BCUT2D eigenvalue weighted by atomic mass is 127. The third kappa shape index (κ3) is 6.72. The molecule has 3 rings (SSSR count). The van der Waals surface area contributed by atoms with Crippen LogP contribution in [0.4, 0.5) is 0 Å². The van der Waals surface area contributed by atoms with Gasteiger partial charge in [-0.15, -0.1) is 24.0 Å². The Labute approximate surface area is 183 Å². The van der Waals surface area contributed by atoms with E-state index in [-0.39, 0.29) is 24.0 Å². The lowest BCUT2D eigenvalue weighted by atomic mass is 9.98. The molecule has 158 valence electrons. The second kappa shape index (κ2) is 11.8. The zero-order valence-corrected chi connectivity index (χ0v) is 19.9. The Bertz CT molecular complexity index is 450. The molecule has 3 fully saturated rings. The molecule has 0 saturated carbocycles. The van der Waals surface area contributed by atoms with Crippen LogP contribution < -0.4 is 5.32 Å². The second-order valence-electron chi connectivity index (χ2n) is 8.30. The molecule has 0 radical (unpaired) electrons. The molecule has 6 nitrogen and oxygen atoms in total. The summed E-state index contributed by atoms with van der Waals surface area (Å²) in [7, 11) is 0. The molecule has 0 aromatic heterocycles. The maximum absolute atomic E-state index is 5.51. The summed E-state index contributed by atoms with van der Waals surface area (Å²) in [4.78, 5) is 12.7. The third-order valence-corrected chi connectivity index (χ3v) is 6.31. The van der Waals surface area contributed by atoms with E-state index in [1.54, 1.807) is 0 Å². The van der Waals surface area contributed by atoms with E-state index in [4.69, 9.17) is 9.73 Å². The minimum atomic E-state index is 0. The lowest BCUT2D eigenvalue weighted by molar-refractivity contribution is 0.0195. The lowest BCUT2D eigenvalue weighted by Gasteiger charge is -2.34. The van der Waals surface area contributed by atoms with Gasteiger partial charge in [0.2, 0.25) is 0 Å². The van der Waals surface area contributed by atoms with Crippen molar-refractivity contribution >= 4 is 29.9 Å². The predicted octanol–water partition coefficient (Wildman–Crippen LogP) is 2.10. The highest BCUT2D eigenvalue weighted by molar-refractivity contribution is 14.0. The van der Waals surface area contributed by atoms with Crippen LogP contribution in [-0.2, 0) is 4.74 Å². The zero-order valence-electron chi connectivity index (χ0n) is 17.5. The number of guanidine groups is 1. The molecule has 3 heterocycles. The number of hydrogen-bond donors (Lipinski definition) is 1. The van der Waals surface area contributed by atoms with Gasteiger partial charge in [0.25, 0.3) is 0 Å². The summed E-state index contributed by atoms with van der Waals surface area (Å²) in [6, 6.07) is 1.19. The lowest BCUT2D eigenvalue weighted by Crippen LogP contribution is -2.47. The normalized spacial score (nSPS) is 27.4. The number of halogens is 1. The Kier molecular flexibility index (Phi) is 10.1. The maximum Gasteiger partial charge on any atom is 0.194 e. The number of likely N-dealkylation sites (tertiary alicyclic amines) is 2. The van der Waals surface area contributed by atoms with Crippen molar-refractivity contribution in [3.05, 3.63) is 0 Å². The molecule has 3 saturated heterocycles. The monoisotopic (exact) mass is 493 g/mol. The van der Waals surface area contributed by atoms with Crippen LogP contribution in [0.2, 0.25) is 0 Å². The molecule has 0 bridgehead atoms. The fraction of sp³-hybridized carbons (Fsp3) is 0.950. The molecule has 0 aromatic rings. The molecule has 2 unspecified atom stereocenters. The first-order chi connectivity index (χ1) is 12.7. The van der Waals surface area contributed by atoms with Crippen LogP contribution in [0.25, 0.3) is 0 Å². The summed E-state index contributed by atoms with van der Waals surface area (Å²) in [6.07, 6.45) is 3.91.